The minimum atomic E-state index is -3.48. The Morgan fingerprint density at radius 2 is 1.78 bits per heavy atom. The number of nitrogens with one attached hydrogen (secondary N) is 1. The van der Waals surface area contributed by atoms with Crippen LogP contribution in [0.15, 0.2) is 23.1 Å². The van der Waals surface area contributed by atoms with Crippen LogP contribution in [0.2, 0.25) is 0 Å². The summed E-state index contributed by atoms with van der Waals surface area (Å²) < 4.78 is 45.9. The summed E-state index contributed by atoms with van der Waals surface area (Å²) in [5, 5.41) is 2.63. The van der Waals surface area contributed by atoms with E-state index in [9.17, 15) is 21.6 Å². The molecule has 0 radical (unpaired) electrons. The van der Waals surface area contributed by atoms with E-state index in [2.05, 4.69) is 5.32 Å². The van der Waals surface area contributed by atoms with Crippen LogP contribution in [0.4, 0.5) is 0 Å². The Hall–Kier alpha value is -1.41. The van der Waals surface area contributed by atoms with E-state index in [0.717, 1.165) is 12.5 Å². The fourth-order valence-electron chi connectivity index (χ4n) is 2.76. The van der Waals surface area contributed by atoms with Gasteiger partial charge in [-0.2, -0.15) is 0 Å². The Bertz CT molecular complexity index is 837. The molecule has 1 saturated carbocycles. The van der Waals surface area contributed by atoms with Crippen molar-refractivity contribution in [2.75, 3.05) is 12.5 Å². The highest BCUT2D eigenvalue weighted by Gasteiger charge is 2.52. The maximum absolute atomic E-state index is 12.3. The molecule has 0 saturated heterocycles. The molecule has 128 valence electrons. The highest BCUT2D eigenvalue weighted by Crippen LogP contribution is 2.39. The van der Waals surface area contributed by atoms with E-state index >= 15 is 0 Å². The van der Waals surface area contributed by atoms with Crippen molar-refractivity contribution in [3.8, 4) is 0 Å². The first-order valence-electron chi connectivity index (χ1n) is 7.25. The quantitative estimate of drug-likeness (QED) is 0.845. The molecule has 0 bridgehead atoms. The molecule has 6 nitrogen and oxygen atoms in total. The summed E-state index contributed by atoms with van der Waals surface area (Å²) in [6.45, 7) is 1.80. The van der Waals surface area contributed by atoms with Crippen molar-refractivity contribution >= 4 is 25.6 Å². The number of hydrogen-bond acceptors (Lipinski definition) is 5. The standard InChI is InChI=1S/C15H21NO5S2/c1-11-5-6-12(9-13(11)22(2,18)19)10-16-14(17)15(7-4-8-15)23(3,20)21/h5-6,9H,4,7-8,10H2,1-3H3,(H,16,17). The summed E-state index contributed by atoms with van der Waals surface area (Å²) in [6.07, 6.45) is 3.59. The van der Waals surface area contributed by atoms with E-state index in [1.807, 2.05) is 0 Å². The molecule has 8 heteroatoms. The first-order chi connectivity index (χ1) is 10.5. The summed E-state index contributed by atoms with van der Waals surface area (Å²) in [5.41, 5.74) is 1.25. The van der Waals surface area contributed by atoms with E-state index in [4.69, 9.17) is 0 Å². The van der Waals surface area contributed by atoms with E-state index in [1.54, 1.807) is 19.1 Å². The van der Waals surface area contributed by atoms with Crippen LogP contribution in [0.1, 0.15) is 30.4 Å². The Labute approximate surface area is 137 Å². The lowest BCUT2D eigenvalue weighted by Gasteiger charge is -2.38. The van der Waals surface area contributed by atoms with Crippen LogP contribution >= 0.6 is 0 Å². The zero-order chi connectivity index (χ0) is 17.5. The molecule has 1 aliphatic carbocycles. The SMILES string of the molecule is Cc1ccc(CNC(=O)C2(S(C)(=O)=O)CCC2)cc1S(C)(=O)=O. The predicted octanol–water partition coefficient (Wildman–Crippen LogP) is 0.982. The van der Waals surface area contributed by atoms with Gasteiger partial charge in [-0.3, -0.25) is 4.79 Å². The number of carbonyl (C=O) groups is 1. The van der Waals surface area contributed by atoms with Gasteiger partial charge in [0.2, 0.25) is 5.91 Å². The zero-order valence-electron chi connectivity index (χ0n) is 13.4. The third-order valence-corrected chi connectivity index (χ3v) is 7.64. The Morgan fingerprint density at radius 3 is 2.22 bits per heavy atom. The molecule has 0 spiro atoms. The van der Waals surface area contributed by atoms with Gasteiger partial charge in [-0.1, -0.05) is 12.1 Å². The Balaban J connectivity index is 2.17. The van der Waals surface area contributed by atoms with Crippen LogP contribution < -0.4 is 5.32 Å². The second-order valence-electron chi connectivity index (χ2n) is 6.17. The molecular formula is C15H21NO5S2. The van der Waals surface area contributed by atoms with Gasteiger partial charge in [0.1, 0.15) is 4.75 Å². The number of rotatable bonds is 5. The van der Waals surface area contributed by atoms with Crippen molar-refractivity contribution < 1.29 is 21.6 Å². The van der Waals surface area contributed by atoms with Crippen LogP contribution in [-0.2, 0) is 31.0 Å². The molecule has 0 atom stereocenters. The second-order valence-corrected chi connectivity index (χ2v) is 10.5. The third-order valence-electron chi connectivity index (χ3n) is 4.39. The lowest BCUT2D eigenvalue weighted by molar-refractivity contribution is -0.125. The van der Waals surface area contributed by atoms with Crippen molar-refractivity contribution in [2.24, 2.45) is 0 Å². The molecule has 0 aromatic heterocycles. The van der Waals surface area contributed by atoms with E-state index in [1.165, 1.54) is 6.07 Å². The first kappa shape index (κ1) is 17.9. The van der Waals surface area contributed by atoms with Crippen LogP contribution in [0, 0.1) is 6.92 Å². The molecule has 1 aromatic rings. The van der Waals surface area contributed by atoms with Gasteiger partial charge in [0.05, 0.1) is 4.90 Å². The fourth-order valence-corrected chi connectivity index (χ4v) is 5.22. The van der Waals surface area contributed by atoms with Gasteiger partial charge in [0.15, 0.2) is 19.7 Å². The second kappa shape index (κ2) is 5.90. The number of amides is 1. The summed E-state index contributed by atoms with van der Waals surface area (Å²) in [4.78, 5) is 12.5. The summed E-state index contributed by atoms with van der Waals surface area (Å²) >= 11 is 0. The molecule has 23 heavy (non-hydrogen) atoms. The number of aryl methyl sites for hydroxylation is 1. The molecule has 0 unspecified atom stereocenters. The molecule has 1 aliphatic rings. The van der Waals surface area contributed by atoms with Gasteiger partial charge in [-0.05, 0) is 43.4 Å². The lowest BCUT2D eigenvalue weighted by Crippen LogP contribution is -2.56. The summed E-state index contributed by atoms with van der Waals surface area (Å²) in [5.74, 6) is -0.507. The smallest absolute Gasteiger partial charge is 0.241 e. The van der Waals surface area contributed by atoms with Crippen molar-refractivity contribution in [3.05, 3.63) is 29.3 Å². The van der Waals surface area contributed by atoms with E-state index in [0.29, 0.717) is 30.4 Å². The molecule has 1 fully saturated rings. The average Bonchev–Trinajstić information content (AvgIpc) is 2.33. The largest absolute Gasteiger partial charge is 0.351 e. The topological polar surface area (TPSA) is 97.4 Å². The van der Waals surface area contributed by atoms with Crippen molar-refractivity contribution in [3.63, 3.8) is 0 Å². The predicted molar refractivity (Wildman–Crippen MR) is 87.6 cm³/mol. The third kappa shape index (κ3) is 3.42. The monoisotopic (exact) mass is 359 g/mol. The molecule has 1 amide bonds. The van der Waals surface area contributed by atoms with Crippen LogP contribution in [0.3, 0.4) is 0 Å². The van der Waals surface area contributed by atoms with Gasteiger partial charge in [-0.15, -0.1) is 0 Å². The molecular weight excluding hydrogens is 338 g/mol. The number of hydrogen-bond donors (Lipinski definition) is 1. The normalized spacial score (nSPS) is 17.3. The van der Waals surface area contributed by atoms with Crippen molar-refractivity contribution in [1.29, 1.82) is 0 Å². The molecule has 1 aromatic carbocycles. The molecule has 0 aliphatic heterocycles. The number of benzene rings is 1. The van der Waals surface area contributed by atoms with Gasteiger partial charge >= 0.3 is 0 Å². The Morgan fingerprint density at radius 1 is 1.17 bits per heavy atom. The lowest BCUT2D eigenvalue weighted by atomic mass is 9.83. The minimum Gasteiger partial charge on any atom is -0.351 e. The van der Waals surface area contributed by atoms with E-state index in [-0.39, 0.29) is 11.4 Å². The zero-order valence-corrected chi connectivity index (χ0v) is 15.1. The highest BCUT2D eigenvalue weighted by atomic mass is 32.2. The van der Waals surface area contributed by atoms with Crippen LogP contribution in [0.25, 0.3) is 0 Å². The van der Waals surface area contributed by atoms with Gasteiger partial charge in [0.25, 0.3) is 0 Å². The Kier molecular flexibility index (Phi) is 4.60. The van der Waals surface area contributed by atoms with Crippen LogP contribution in [-0.4, -0.2) is 40.0 Å². The maximum atomic E-state index is 12.3. The van der Waals surface area contributed by atoms with Crippen molar-refractivity contribution in [2.45, 2.75) is 42.4 Å². The molecule has 1 N–H and O–H groups in total. The van der Waals surface area contributed by atoms with Gasteiger partial charge in [0, 0.05) is 19.1 Å². The summed E-state index contributed by atoms with van der Waals surface area (Å²) in [6, 6.07) is 4.91. The molecule has 2 rings (SSSR count). The summed E-state index contributed by atoms with van der Waals surface area (Å²) in [7, 11) is -6.83. The van der Waals surface area contributed by atoms with Gasteiger partial charge in [-0.25, -0.2) is 16.8 Å². The molecule has 0 heterocycles. The van der Waals surface area contributed by atoms with E-state index < -0.39 is 30.3 Å². The maximum Gasteiger partial charge on any atom is 0.241 e. The van der Waals surface area contributed by atoms with Crippen LogP contribution in [0.5, 0.6) is 0 Å². The van der Waals surface area contributed by atoms with Gasteiger partial charge < -0.3 is 5.32 Å². The highest BCUT2D eigenvalue weighted by molar-refractivity contribution is 7.93. The number of sulfone groups is 2. The number of carbonyl (C=O) groups excluding carboxylic acids is 1. The minimum absolute atomic E-state index is 0.0961. The fraction of sp³-hybridized carbons (Fsp3) is 0.533. The average molecular weight is 359 g/mol. The van der Waals surface area contributed by atoms with Crippen molar-refractivity contribution in [1.82, 2.24) is 5.32 Å². The first-order valence-corrected chi connectivity index (χ1v) is 11.0.